The van der Waals surface area contributed by atoms with Gasteiger partial charge in [0.15, 0.2) is 5.78 Å². The zero-order valence-corrected chi connectivity index (χ0v) is 20.8. The van der Waals surface area contributed by atoms with Crippen LogP contribution in [0.25, 0.3) is 0 Å². The zero-order chi connectivity index (χ0) is 26.2. The number of halogens is 1. The number of ether oxygens (including phenoxy) is 1. The summed E-state index contributed by atoms with van der Waals surface area (Å²) < 4.78 is 20.7. The molecule has 3 aromatic carbocycles. The summed E-state index contributed by atoms with van der Waals surface area (Å²) in [5.74, 6) is -2.07. The van der Waals surface area contributed by atoms with Gasteiger partial charge < -0.3 is 15.4 Å². The maximum Gasteiger partial charge on any atom is 0.251 e. The fraction of sp³-hybridized carbons (Fsp3) is 0.300. The van der Waals surface area contributed by atoms with E-state index in [9.17, 15) is 18.8 Å². The molecule has 192 valence electrons. The largest absolute Gasteiger partial charge is 0.493 e. The van der Waals surface area contributed by atoms with Crippen molar-refractivity contribution in [2.24, 2.45) is 5.92 Å². The van der Waals surface area contributed by atoms with E-state index in [1.54, 1.807) is 30.3 Å². The highest BCUT2D eigenvalue weighted by molar-refractivity contribution is 6.21. The highest BCUT2D eigenvalue weighted by atomic mass is 19.1. The van der Waals surface area contributed by atoms with Gasteiger partial charge >= 0.3 is 0 Å². The summed E-state index contributed by atoms with van der Waals surface area (Å²) in [5.41, 5.74) is -0.837. The molecule has 4 heterocycles. The molecule has 8 heteroatoms. The highest BCUT2D eigenvalue weighted by Crippen LogP contribution is 2.68. The standard InChI is InChI=1S/C30H26FN3O4/c1-2-38-24-12-6-3-8-18(24)26(35)25-23-11-7-15-34(23)30(20-16-17(31)13-14-22(20)33-28(30)37)29(25)19-9-4-5-10-21(19)32-27(29)36/h3-6,8-10,12-14,16,23,25H,2,7,11,15H2,1H3,(H,32,36)(H,33,37). The van der Waals surface area contributed by atoms with E-state index in [0.717, 1.165) is 6.42 Å². The van der Waals surface area contributed by atoms with E-state index in [1.165, 1.54) is 18.2 Å². The number of nitrogens with zero attached hydrogens (tertiary/aromatic N) is 1. The Balaban J connectivity index is 1.58. The van der Waals surface area contributed by atoms with Crippen molar-refractivity contribution >= 4 is 29.0 Å². The molecule has 4 aliphatic rings. The van der Waals surface area contributed by atoms with Gasteiger partial charge in [-0.1, -0.05) is 30.3 Å². The molecule has 0 saturated carbocycles. The molecule has 0 aromatic heterocycles. The number of Topliss-reactive ketones (excluding diaryl/α,β-unsaturated/α-hetero) is 1. The molecule has 2 spiro atoms. The molecule has 2 N–H and O–H groups in total. The molecule has 2 fully saturated rings. The van der Waals surface area contributed by atoms with Gasteiger partial charge in [0, 0.05) is 23.0 Å². The summed E-state index contributed by atoms with van der Waals surface area (Å²) in [6, 6.07) is 18.0. The van der Waals surface area contributed by atoms with E-state index in [-0.39, 0.29) is 5.78 Å². The van der Waals surface area contributed by atoms with Crippen LogP contribution in [-0.2, 0) is 20.5 Å². The Labute approximate surface area is 219 Å². The molecule has 4 atom stereocenters. The van der Waals surface area contributed by atoms with Gasteiger partial charge in [-0.25, -0.2) is 4.39 Å². The Morgan fingerprint density at radius 2 is 1.74 bits per heavy atom. The molecule has 2 amide bonds. The number of rotatable bonds is 4. The van der Waals surface area contributed by atoms with Gasteiger partial charge in [0.2, 0.25) is 5.91 Å². The number of anilines is 2. The number of para-hydroxylation sites is 2. The number of hydrogen-bond donors (Lipinski definition) is 2. The fourth-order valence-corrected chi connectivity index (χ4v) is 7.67. The van der Waals surface area contributed by atoms with Gasteiger partial charge in [0.25, 0.3) is 5.91 Å². The minimum atomic E-state index is -1.62. The van der Waals surface area contributed by atoms with E-state index >= 15 is 0 Å². The SMILES string of the molecule is CCOc1ccccc1C(=O)C1C2CCCN2C2(C(=O)Nc3ccc(F)cc32)C12C(=O)Nc1ccccc12. The molecule has 4 aliphatic heterocycles. The number of fused-ring (bicyclic) bond motifs is 7. The third kappa shape index (κ3) is 2.58. The van der Waals surface area contributed by atoms with E-state index in [2.05, 4.69) is 10.6 Å². The normalized spacial score (nSPS) is 28.8. The molecule has 7 nitrogen and oxygen atoms in total. The number of hydrogen-bond acceptors (Lipinski definition) is 5. The summed E-state index contributed by atoms with van der Waals surface area (Å²) in [6.07, 6.45) is 1.38. The van der Waals surface area contributed by atoms with Gasteiger partial charge in [-0.05, 0) is 68.3 Å². The number of amides is 2. The Morgan fingerprint density at radius 3 is 2.58 bits per heavy atom. The van der Waals surface area contributed by atoms with Crippen LogP contribution in [0.4, 0.5) is 15.8 Å². The average molecular weight is 512 g/mol. The smallest absolute Gasteiger partial charge is 0.251 e. The summed E-state index contributed by atoms with van der Waals surface area (Å²) in [6.45, 7) is 2.72. The van der Waals surface area contributed by atoms with Gasteiger partial charge in [0.1, 0.15) is 22.5 Å². The maximum atomic E-state index is 14.9. The predicted octanol–water partition coefficient (Wildman–Crippen LogP) is 4.24. The topological polar surface area (TPSA) is 87.7 Å². The van der Waals surface area contributed by atoms with Crippen molar-refractivity contribution in [2.45, 2.75) is 36.8 Å². The monoisotopic (exact) mass is 511 g/mol. The lowest BCUT2D eigenvalue weighted by molar-refractivity contribution is -0.137. The van der Waals surface area contributed by atoms with Crippen molar-refractivity contribution in [3.05, 3.63) is 89.2 Å². The predicted molar refractivity (Wildman–Crippen MR) is 139 cm³/mol. The van der Waals surface area contributed by atoms with Gasteiger partial charge in [-0.15, -0.1) is 0 Å². The highest BCUT2D eigenvalue weighted by Gasteiger charge is 2.81. The summed E-state index contributed by atoms with van der Waals surface area (Å²) in [7, 11) is 0. The van der Waals surface area contributed by atoms with E-state index in [4.69, 9.17) is 4.74 Å². The maximum absolute atomic E-state index is 14.9. The lowest BCUT2D eigenvalue weighted by Crippen LogP contribution is -2.62. The van der Waals surface area contributed by atoms with Crippen molar-refractivity contribution in [3.8, 4) is 5.75 Å². The molecular weight excluding hydrogens is 485 g/mol. The molecular formula is C30H26FN3O4. The third-order valence-electron chi connectivity index (χ3n) is 8.79. The second kappa shape index (κ2) is 7.98. The first-order valence-corrected chi connectivity index (χ1v) is 13.0. The molecule has 0 radical (unpaired) electrons. The number of carbonyl (C=O) groups excluding carboxylic acids is 3. The van der Waals surface area contributed by atoms with Crippen molar-refractivity contribution in [2.75, 3.05) is 23.8 Å². The van der Waals surface area contributed by atoms with Crippen LogP contribution in [0.15, 0.2) is 66.7 Å². The number of nitrogens with one attached hydrogen (secondary N) is 2. The summed E-state index contributed by atoms with van der Waals surface area (Å²) >= 11 is 0. The van der Waals surface area contributed by atoms with Crippen LogP contribution < -0.4 is 15.4 Å². The zero-order valence-electron chi connectivity index (χ0n) is 20.8. The minimum Gasteiger partial charge on any atom is -0.493 e. The lowest BCUT2D eigenvalue weighted by Gasteiger charge is -2.43. The second-order valence-corrected chi connectivity index (χ2v) is 10.3. The molecule has 7 rings (SSSR count). The molecule has 4 unspecified atom stereocenters. The van der Waals surface area contributed by atoms with Crippen LogP contribution in [0.1, 0.15) is 41.3 Å². The van der Waals surface area contributed by atoms with E-state index in [1.807, 2.05) is 30.0 Å². The summed E-state index contributed by atoms with van der Waals surface area (Å²) in [4.78, 5) is 45.5. The van der Waals surface area contributed by atoms with Crippen LogP contribution in [0.5, 0.6) is 5.75 Å². The average Bonchev–Trinajstić information content (AvgIpc) is 3.63. The fourth-order valence-electron chi connectivity index (χ4n) is 7.67. The van der Waals surface area contributed by atoms with Crippen molar-refractivity contribution in [1.82, 2.24) is 4.90 Å². The number of carbonyl (C=O) groups is 3. The van der Waals surface area contributed by atoms with Crippen LogP contribution in [0, 0.1) is 11.7 Å². The van der Waals surface area contributed by atoms with Crippen LogP contribution >= 0.6 is 0 Å². The van der Waals surface area contributed by atoms with E-state index in [0.29, 0.717) is 53.4 Å². The Morgan fingerprint density at radius 1 is 1.00 bits per heavy atom. The van der Waals surface area contributed by atoms with Crippen molar-refractivity contribution in [3.63, 3.8) is 0 Å². The third-order valence-corrected chi connectivity index (χ3v) is 8.79. The van der Waals surface area contributed by atoms with E-state index < -0.39 is 40.5 Å². The second-order valence-electron chi connectivity index (χ2n) is 10.3. The van der Waals surface area contributed by atoms with Crippen LogP contribution in [0.3, 0.4) is 0 Å². The molecule has 2 saturated heterocycles. The number of benzene rings is 3. The quantitative estimate of drug-likeness (QED) is 0.512. The molecule has 0 aliphatic carbocycles. The first-order chi connectivity index (χ1) is 18.5. The Hall–Kier alpha value is -4.04. The summed E-state index contributed by atoms with van der Waals surface area (Å²) in [5, 5.41) is 5.93. The Kier molecular flexibility index (Phi) is 4.85. The van der Waals surface area contributed by atoms with Gasteiger partial charge in [0.05, 0.1) is 18.1 Å². The number of ketones is 1. The van der Waals surface area contributed by atoms with Gasteiger partial charge in [-0.2, -0.15) is 0 Å². The van der Waals surface area contributed by atoms with Gasteiger partial charge in [-0.3, -0.25) is 19.3 Å². The Bertz CT molecular complexity index is 1540. The van der Waals surface area contributed by atoms with Crippen LogP contribution in [-0.4, -0.2) is 41.7 Å². The van der Waals surface area contributed by atoms with Crippen molar-refractivity contribution < 1.29 is 23.5 Å². The molecule has 3 aromatic rings. The first-order valence-electron chi connectivity index (χ1n) is 13.0. The van der Waals surface area contributed by atoms with Crippen LogP contribution in [0.2, 0.25) is 0 Å². The molecule has 38 heavy (non-hydrogen) atoms. The van der Waals surface area contributed by atoms with Crippen molar-refractivity contribution in [1.29, 1.82) is 0 Å². The lowest BCUT2D eigenvalue weighted by atomic mass is 9.57. The first kappa shape index (κ1) is 23.1. The molecule has 0 bridgehead atoms. The minimum absolute atomic E-state index is 0.257.